The maximum atomic E-state index is 11.6. The van der Waals surface area contributed by atoms with E-state index in [1.807, 2.05) is 31.2 Å². The number of hydrogen-bond acceptors (Lipinski definition) is 2. The summed E-state index contributed by atoms with van der Waals surface area (Å²) in [5.41, 5.74) is 1.99. The van der Waals surface area contributed by atoms with Gasteiger partial charge in [-0.15, -0.1) is 0 Å². The molecule has 24 heavy (non-hydrogen) atoms. The molecule has 0 heterocycles. The average Bonchev–Trinajstić information content (AvgIpc) is 2.55. The Morgan fingerprint density at radius 2 is 1.88 bits per heavy atom. The van der Waals surface area contributed by atoms with Gasteiger partial charge in [0.15, 0.2) is 5.96 Å². The van der Waals surface area contributed by atoms with Crippen molar-refractivity contribution in [2.75, 3.05) is 18.9 Å². The van der Waals surface area contributed by atoms with Crippen LogP contribution >= 0.6 is 0 Å². The van der Waals surface area contributed by atoms with Gasteiger partial charge < -0.3 is 16.0 Å². The Morgan fingerprint density at radius 3 is 2.46 bits per heavy atom. The number of carbonyl (C=O) groups excluding carboxylic acids is 1. The van der Waals surface area contributed by atoms with Gasteiger partial charge in [-0.2, -0.15) is 0 Å². The highest BCUT2D eigenvalue weighted by molar-refractivity contribution is 5.90. The molecule has 0 aromatic heterocycles. The Bertz CT molecular complexity index is 509. The number of aliphatic imine (C=N–C) groups is 1. The molecule has 0 aliphatic rings. The zero-order valence-corrected chi connectivity index (χ0v) is 15.5. The minimum atomic E-state index is 0.0642. The molecule has 0 bridgehead atoms. The summed E-state index contributed by atoms with van der Waals surface area (Å²) >= 11 is 0. The number of guanidine groups is 1. The Morgan fingerprint density at radius 1 is 1.17 bits per heavy atom. The number of nitrogens with one attached hydrogen (secondary N) is 3. The molecule has 134 valence electrons. The Kier molecular flexibility index (Phi) is 9.58. The lowest BCUT2D eigenvalue weighted by molar-refractivity contribution is -0.116. The first-order valence-electron chi connectivity index (χ1n) is 8.88. The van der Waals surface area contributed by atoms with Gasteiger partial charge in [0.05, 0.1) is 0 Å². The summed E-state index contributed by atoms with van der Waals surface area (Å²) in [6.45, 7) is 8.11. The molecule has 1 aromatic carbocycles. The maximum absolute atomic E-state index is 11.6. The minimum Gasteiger partial charge on any atom is -0.356 e. The summed E-state index contributed by atoms with van der Waals surface area (Å²) in [4.78, 5) is 15.8. The fourth-order valence-electron chi connectivity index (χ4n) is 2.28. The van der Waals surface area contributed by atoms with Crippen molar-refractivity contribution >= 4 is 17.6 Å². The first kappa shape index (κ1) is 20.0. The summed E-state index contributed by atoms with van der Waals surface area (Å²) in [5.74, 6) is 1.62. The molecule has 1 amide bonds. The maximum Gasteiger partial charge on any atom is 0.224 e. The van der Waals surface area contributed by atoms with E-state index in [0.717, 1.165) is 42.5 Å². The lowest BCUT2D eigenvalue weighted by atomic mass is 10.1. The van der Waals surface area contributed by atoms with Gasteiger partial charge in [-0.25, -0.2) is 0 Å². The number of rotatable bonds is 9. The minimum absolute atomic E-state index is 0.0642. The molecule has 3 N–H and O–H groups in total. The molecular weight excluding hydrogens is 300 g/mol. The molecule has 0 unspecified atom stereocenters. The molecule has 5 heteroatoms. The second-order valence-corrected chi connectivity index (χ2v) is 6.38. The Hall–Kier alpha value is -2.04. The summed E-state index contributed by atoms with van der Waals surface area (Å²) in [5, 5.41) is 9.53. The van der Waals surface area contributed by atoms with Crippen LogP contribution in [0.1, 0.15) is 52.0 Å². The van der Waals surface area contributed by atoms with Crippen LogP contribution in [0.3, 0.4) is 0 Å². The Labute approximate surface area is 146 Å². The number of nitrogens with zero attached hydrogens (tertiary/aromatic N) is 1. The largest absolute Gasteiger partial charge is 0.356 e. The van der Waals surface area contributed by atoms with Crippen LogP contribution in [0.2, 0.25) is 0 Å². The molecule has 0 fully saturated rings. The second kappa shape index (κ2) is 11.5. The number of amides is 1. The molecule has 0 saturated heterocycles. The van der Waals surface area contributed by atoms with Gasteiger partial charge in [-0.05, 0) is 42.9 Å². The van der Waals surface area contributed by atoms with Gasteiger partial charge in [0.25, 0.3) is 0 Å². The second-order valence-electron chi connectivity index (χ2n) is 6.38. The van der Waals surface area contributed by atoms with Gasteiger partial charge in [0, 0.05) is 32.2 Å². The van der Waals surface area contributed by atoms with Crippen molar-refractivity contribution in [3.05, 3.63) is 29.8 Å². The zero-order valence-electron chi connectivity index (χ0n) is 15.5. The van der Waals surface area contributed by atoms with Crippen molar-refractivity contribution in [3.8, 4) is 0 Å². The van der Waals surface area contributed by atoms with E-state index >= 15 is 0 Å². The molecule has 0 aliphatic carbocycles. The fourth-order valence-corrected chi connectivity index (χ4v) is 2.28. The van der Waals surface area contributed by atoms with Gasteiger partial charge in [0.2, 0.25) is 5.91 Å². The molecule has 0 spiro atoms. The normalized spacial score (nSPS) is 11.5. The quantitative estimate of drug-likeness (QED) is 0.368. The van der Waals surface area contributed by atoms with Crippen LogP contribution in [0.4, 0.5) is 5.69 Å². The van der Waals surface area contributed by atoms with Crippen molar-refractivity contribution in [3.63, 3.8) is 0 Å². The molecule has 0 saturated carbocycles. The summed E-state index contributed by atoms with van der Waals surface area (Å²) in [7, 11) is 1.78. The smallest absolute Gasteiger partial charge is 0.224 e. The van der Waals surface area contributed by atoms with Gasteiger partial charge >= 0.3 is 0 Å². The van der Waals surface area contributed by atoms with Crippen LogP contribution in [0.5, 0.6) is 0 Å². The van der Waals surface area contributed by atoms with Crippen LogP contribution in [0.15, 0.2) is 29.3 Å². The lowest BCUT2D eigenvalue weighted by Crippen LogP contribution is -2.37. The number of carbonyl (C=O) groups is 1. The number of anilines is 1. The molecule has 1 aromatic rings. The lowest BCUT2D eigenvalue weighted by Gasteiger charge is -2.13. The van der Waals surface area contributed by atoms with Crippen molar-refractivity contribution in [1.29, 1.82) is 0 Å². The molecule has 5 nitrogen and oxygen atoms in total. The molecule has 0 radical (unpaired) electrons. The molecule has 1 rings (SSSR count). The van der Waals surface area contributed by atoms with Crippen LogP contribution in [-0.2, 0) is 11.3 Å². The van der Waals surface area contributed by atoms with Crippen molar-refractivity contribution in [1.82, 2.24) is 10.6 Å². The summed E-state index contributed by atoms with van der Waals surface area (Å²) in [6.07, 6.45) is 3.78. The highest BCUT2D eigenvalue weighted by Gasteiger charge is 2.02. The average molecular weight is 332 g/mol. The number of benzene rings is 1. The van der Waals surface area contributed by atoms with Crippen molar-refractivity contribution in [2.24, 2.45) is 10.9 Å². The highest BCUT2D eigenvalue weighted by atomic mass is 16.1. The van der Waals surface area contributed by atoms with Crippen LogP contribution in [0, 0.1) is 5.92 Å². The van der Waals surface area contributed by atoms with E-state index in [1.165, 1.54) is 6.42 Å². The Balaban J connectivity index is 2.36. The van der Waals surface area contributed by atoms with Crippen LogP contribution < -0.4 is 16.0 Å². The van der Waals surface area contributed by atoms with Gasteiger partial charge in [-0.3, -0.25) is 9.79 Å². The third-order valence-corrected chi connectivity index (χ3v) is 3.65. The van der Waals surface area contributed by atoms with E-state index in [1.54, 1.807) is 7.05 Å². The van der Waals surface area contributed by atoms with E-state index in [4.69, 9.17) is 0 Å². The molecule has 0 aliphatic heterocycles. The van der Waals surface area contributed by atoms with E-state index < -0.39 is 0 Å². The zero-order chi connectivity index (χ0) is 17.8. The SMILES string of the molecule is CCCC(=O)Nc1ccc(CNC(=NC)NCCCC(C)C)cc1. The standard InChI is InChI=1S/C19H32N4O/c1-5-7-18(24)23-17-11-9-16(10-12-17)14-22-19(20-4)21-13-6-8-15(2)3/h9-12,15H,5-8,13-14H2,1-4H3,(H,23,24)(H2,20,21,22). The monoisotopic (exact) mass is 332 g/mol. The predicted molar refractivity (Wildman–Crippen MR) is 102 cm³/mol. The third-order valence-electron chi connectivity index (χ3n) is 3.65. The van der Waals surface area contributed by atoms with Crippen molar-refractivity contribution < 1.29 is 4.79 Å². The number of hydrogen-bond donors (Lipinski definition) is 3. The van der Waals surface area contributed by atoms with Gasteiger partial charge in [-0.1, -0.05) is 32.9 Å². The summed E-state index contributed by atoms with van der Waals surface area (Å²) in [6, 6.07) is 7.90. The van der Waals surface area contributed by atoms with Crippen molar-refractivity contribution in [2.45, 2.75) is 53.0 Å². The van der Waals surface area contributed by atoms with E-state index in [2.05, 4.69) is 34.8 Å². The van der Waals surface area contributed by atoms with Crippen LogP contribution in [0.25, 0.3) is 0 Å². The first-order chi connectivity index (χ1) is 11.5. The first-order valence-corrected chi connectivity index (χ1v) is 8.88. The highest BCUT2D eigenvalue weighted by Crippen LogP contribution is 2.10. The summed E-state index contributed by atoms with van der Waals surface area (Å²) < 4.78 is 0. The third kappa shape index (κ3) is 8.56. The van der Waals surface area contributed by atoms with Crippen LogP contribution in [-0.4, -0.2) is 25.5 Å². The predicted octanol–water partition coefficient (Wildman–Crippen LogP) is 3.53. The molecule has 0 atom stereocenters. The molecular formula is C19H32N4O. The van der Waals surface area contributed by atoms with Gasteiger partial charge in [0.1, 0.15) is 0 Å². The topological polar surface area (TPSA) is 65.5 Å². The van der Waals surface area contributed by atoms with E-state index in [0.29, 0.717) is 13.0 Å². The van der Waals surface area contributed by atoms with E-state index in [9.17, 15) is 4.79 Å². The fraction of sp³-hybridized carbons (Fsp3) is 0.579. The van der Waals surface area contributed by atoms with E-state index in [-0.39, 0.29) is 5.91 Å².